The van der Waals surface area contributed by atoms with E-state index in [-0.39, 0.29) is 5.91 Å². The number of carbonyl (C=O) groups is 1. The van der Waals surface area contributed by atoms with Crippen LogP contribution < -0.4 is 5.32 Å². The van der Waals surface area contributed by atoms with Gasteiger partial charge in [0.25, 0.3) is 5.91 Å². The maximum atomic E-state index is 12.7. The highest BCUT2D eigenvalue weighted by Gasteiger charge is 2.11. The zero-order chi connectivity index (χ0) is 20.8. The third-order valence-corrected chi connectivity index (χ3v) is 6.04. The van der Waals surface area contributed by atoms with Crippen molar-refractivity contribution in [2.75, 3.05) is 26.2 Å². The summed E-state index contributed by atoms with van der Waals surface area (Å²) in [5.41, 5.74) is 2.75. The van der Waals surface area contributed by atoms with Crippen LogP contribution >= 0.6 is 11.6 Å². The van der Waals surface area contributed by atoms with Crippen LogP contribution in [0, 0.1) is 0 Å². The van der Waals surface area contributed by atoms with Gasteiger partial charge in [-0.1, -0.05) is 42.6 Å². The highest BCUT2D eigenvalue weighted by molar-refractivity contribution is 6.30. The Balaban J connectivity index is 1.35. The van der Waals surface area contributed by atoms with E-state index in [1.165, 1.54) is 38.8 Å². The molecular weight excluding hydrogens is 396 g/mol. The number of fused-ring (bicyclic) bond motifs is 1. The average Bonchev–Trinajstić information content (AvgIpc) is 2.97. The standard InChI is InChI=1S/C24H29ClN4O/c25-22-10-6-19(7-11-22)18-29-23-16-20(8-9-21(23)17-27-29)24(30)26-12-5-15-28-13-3-1-2-4-14-28/h6-11,16-17H,1-5,12-15,18H2,(H,26,30). The molecule has 0 saturated carbocycles. The lowest BCUT2D eigenvalue weighted by molar-refractivity contribution is 0.0952. The quantitative estimate of drug-likeness (QED) is 0.557. The molecule has 30 heavy (non-hydrogen) atoms. The number of amides is 1. The predicted octanol–water partition coefficient (Wildman–Crippen LogP) is 4.73. The monoisotopic (exact) mass is 424 g/mol. The summed E-state index contributed by atoms with van der Waals surface area (Å²) in [6.07, 6.45) is 8.14. The summed E-state index contributed by atoms with van der Waals surface area (Å²) in [6, 6.07) is 13.5. The number of hydrogen-bond acceptors (Lipinski definition) is 3. The number of benzene rings is 2. The zero-order valence-electron chi connectivity index (χ0n) is 17.3. The van der Waals surface area contributed by atoms with Crippen LogP contribution in [0.2, 0.25) is 5.02 Å². The Kier molecular flexibility index (Phi) is 7.03. The Morgan fingerprint density at radius 3 is 2.57 bits per heavy atom. The molecule has 1 aliphatic heterocycles. The van der Waals surface area contributed by atoms with Gasteiger partial charge in [0, 0.05) is 22.5 Å². The van der Waals surface area contributed by atoms with Crippen molar-refractivity contribution in [1.29, 1.82) is 0 Å². The van der Waals surface area contributed by atoms with E-state index in [9.17, 15) is 4.79 Å². The Morgan fingerprint density at radius 1 is 1.03 bits per heavy atom. The number of likely N-dealkylation sites (tertiary alicyclic amines) is 1. The molecule has 3 aromatic rings. The lowest BCUT2D eigenvalue weighted by Gasteiger charge is -2.19. The summed E-state index contributed by atoms with van der Waals surface area (Å²) in [7, 11) is 0. The number of nitrogens with zero attached hydrogens (tertiary/aromatic N) is 3. The van der Waals surface area contributed by atoms with E-state index in [0.717, 1.165) is 34.5 Å². The number of rotatable bonds is 7. The molecule has 0 bridgehead atoms. The molecule has 0 aliphatic carbocycles. The summed E-state index contributed by atoms with van der Waals surface area (Å²) < 4.78 is 1.93. The Labute approximate surface area is 183 Å². The van der Waals surface area contributed by atoms with Gasteiger partial charge in [0.15, 0.2) is 0 Å². The first-order valence-electron chi connectivity index (χ1n) is 10.9. The first kappa shape index (κ1) is 20.9. The fourth-order valence-corrected chi connectivity index (χ4v) is 4.19. The fourth-order valence-electron chi connectivity index (χ4n) is 4.07. The average molecular weight is 425 g/mol. The molecule has 1 aliphatic rings. The van der Waals surface area contributed by atoms with Gasteiger partial charge >= 0.3 is 0 Å². The Hall–Kier alpha value is -2.37. The van der Waals surface area contributed by atoms with E-state index in [1.54, 1.807) is 0 Å². The normalized spacial score (nSPS) is 15.2. The molecule has 5 nitrogen and oxygen atoms in total. The maximum absolute atomic E-state index is 12.7. The van der Waals surface area contributed by atoms with Crippen molar-refractivity contribution in [3.63, 3.8) is 0 Å². The van der Waals surface area contributed by atoms with Gasteiger partial charge in [-0.2, -0.15) is 5.10 Å². The summed E-state index contributed by atoms with van der Waals surface area (Å²) in [6.45, 7) is 4.80. The van der Waals surface area contributed by atoms with Crippen molar-refractivity contribution in [2.24, 2.45) is 0 Å². The molecule has 1 saturated heterocycles. The lowest BCUT2D eigenvalue weighted by atomic mass is 10.1. The van der Waals surface area contributed by atoms with Gasteiger partial charge in [0.2, 0.25) is 0 Å². The summed E-state index contributed by atoms with van der Waals surface area (Å²) in [5.74, 6) is -0.0213. The van der Waals surface area contributed by atoms with Gasteiger partial charge in [0.1, 0.15) is 0 Å². The van der Waals surface area contributed by atoms with E-state index < -0.39 is 0 Å². The Bertz CT molecular complexity index is 975. The molecule has 158 valence electrons. The van der Waals surface area contributed by atoms with E-state index in [2.05, 4.69) is 15.3 Å². The minimum atomic E-state index is -0.0213. The minimum absolute atomic E-state index is 0.0213. The van der Waals surface area contributed by atoms with E-state index in [1.807, 2.05) is 53.3 Å². The van der Waals surface area contributed by atoms with Crippen LogP contribution in [0.5, 0.6) is 0 Å². The third-order valence-electron chi connectivity index (χ3n) is 5.79. The van der Waals surface area contributed by atoms with Crippen LogP contribution in [0.1, 0.15) is 48.0 Å². The van der Waals surface area contributed by atoms with Crippen molar-refractivity contribution in [2.45, 2.75) is 38.6 Å². The second-order valence-corrected chi connectivity index (χ2v) is 8.50. The lowest BCUT2D eigenvalue weighted by Crippen LogP contribution is -2.30. The van der Waals surface area contributed by atoms with Crippen LogP contribution in [0.3, 0.4) is 0 Å². The van der Waals surface area contributed by atoms with Gasteiger partial charge in [-0.3, -0.25) is 9.48 Å². The van der Waals surface area contributed by atoms with Crippen LogP contribution in [0.25, 0.3) is 10.9 Å². The molecule has 6 heteroatoms. The second-order valence-electron chi connectivity index (χ2n) is 8.07. The van der Waals surface area contributed by atoms with Crippen molar-refractivity contribution in [3.05, 3.63) is 64.8 Å². The fraction of sp³-hybridized carbons (Fsp3) is 0.417. The molecule has 1 amide bonds. The number of aromatic nitrogens is 2. The van der Waals surface area contributed by atoms with Crippen molar-refractivity contribution in [1.82, 2.24) is 20.0 Å². The summed E-state index contributed by atoms with van der Waals surface area (Å²) in [4.78, 5) is 15.2. The van der Waals surface area contributed by atoms with E-state index in [0.29, 0.717) is 18.7 Å². The van der Waals surface area contributed by atoms with Gasteiger partial charge in [-0.25, -0.2) is 0 Å². The Morgan fingerprint density at radius 2 is 1.80 bits per heavy atom. The highest BCUT2D eigenvalue weighted by atomic mass is 35.5. The molecule has 2 heterocycles. The molecule has 4 rings (SSSR count). The van der Waals surface area contributed by atoms with Crippen LogP contribution in [0.15, 0.2) is 48.7 Å². The molecule has 0 radical (unpaired) electrons. The van der Waals surface area contributed by atoms with Crippen molar-refractivity contribution in [3.8, 4) is 0 Å². The SMILES string of the molecule is O=C(NCCCN1CCCCCC1)c1ccc2cnn(Cc3ccc(Cl)cc3)c2c1. The second kappa shape index (κ2) is 10.1. The molecule has 0 unspecified atom stereocenters. The molecule has 2 aromatic carbocycles. The van der Waals surface area contributed by atoms with Crippen molar-refractivity contribution >= 4 is 28.4 Å². The number of carbonyl (C=O) groups excluding carboxylic acids is 1. The molecule has 0 spiro atoms. The van der Waals surface area contributed by atoms with Gasteiger partial charge in [0.05, 0.1) is 18.3 Å². The minimum Gasteiger partial charge on any atom is -0.352 e. The summed E-state index contributed by atoms with van der Waals surface area (Å²) in [5, 5.41) is 9.32. The van der Waals surface area contributed by atoms with Crippen LogP contribution in [-0.4, -0.2) is 46.8 Å². The van der Waals surface area contributed by atoms with Crippen molar-refractivity contribution < 1.29 is 4.79 Å². The highest BCUT2D eigenvalue weighted by Crippen LogP contribution is 2.18. The van der Waals surface area contributed by atoms with Gasteiger partial charge in [-0.05, 0) is 68.7 Å². The number of hydrogen-bond donors (Lipinski definition) is 1. The topological polar surface area (TPSA) is 50.2 Å². The molecular formula is C24H29ClN4O. The van der Waals surface area contributed by atoms with E-state index >= 15 is 0 Å². The largest absolute Gasteiger partial charge is 0.352 e. The number of halogens is 1. The van der Waals surface area contributed by atoms with Crippen LogP contribution in [0.4, 0.5) is 0 Å². The molecule has 1 fully saturated rings. The zero-order valence-corrected chi connectivity index (χ0v) is 18.1. The number of nitrogens with one attached hydrogen (secondary N) is 1. The molecule has 0 atom stereocenters. The maximum Gasteiger partial charge on any atom is 0.251 e. The predicted molar refractivity (Wildman–Crippen MR) is 122 cm³/mol. The molecule has 1 aromatic heterocycles. The van der Waals surface area contributed by atoms with Crippen LogP contribution in [-0.2, 0) is 6.54 Å². The smallest absolute Gasteiger partial charge is 0.251 e. The van der Waals surface area contributed by atoms with Gasteiger partial charge in [-0.15, -0.1) is 0 Å². The summed E-state index contributed by atoms with van der Waals surface area (Å²) >= 11 is 5.98. The van der Waals surface area contributed by atoms with E-state index in [4.69, 9.17) is 11.6 Å². The first-order valence-corrected chi connectivity index (χ1v) is 11.3. The van der Waals surface area contributed by atoms with Gasteiger partial charge < -0.3 is 10.2 Å². The first-order chi connectivity index (χ1) is 14.7. The third kappa shape index (κ3) is 5.41. The molecule has 1 N–H and O–H groups in total.